The predicted octanol–water partition coefficient (Wildman–Crippen LogP) is 1.36. The summed E-state index contributed by atoms with van der Waals surface area (Å²) >= 11 is 0. The second-order valence-corrected chi connectivity index (χ2v) is 5.52. The van der Waals surface area contributed by atoms with Crippen LogP contribution in [0.3, 0.4) is 0 Å². The SMILES string of the molecule is OB(O)c1cnc(N(Cc2ccccc2)Cc2ccccc2)nc1. The molecule has 2 aromatic carbocycles. The molecule has 0 spiro atoms. The average Bonchev–Trinajstić information content (AvgIpc) is 2.63. The Morgan fingerprint density at radius 2 is 1.21 bits per heavy atom. The molecule has 24 heavy (non-hydrogen) atoms. The van der Waals surface area contributed by atoms with Gasteiger partial charge in [0.2, 0.25) is 5.95 Å². The van der Waals surface area contributed by atoms with E-state index in [0.29, 0.717) is 19.0 Å². The maximum Gasteiger partial charge on any atom is 0.491 e. The van der Waals surface area contributed by atoms with E-state index < -0.39 is 7.12 Å². The Balaban J connectivity index is 1.86. The number of hydrogen-bond acceptors (Lipinski definition) is 5. The molecule has 0 aliphatic carbocycles. The fourth-order valence-corrected chi connectivity index (χ4v) is 2.43. The summed E-state index contributed by atoms with van der Waals surface area (Å²) in [6, 6.07) is 20.2. The van der Waals surface area contributed by atoms with Crippen molar-refractivity contribution in [2.45, 2.75) is 13.1 Å². The predicted molar refractivity (Wildman–Crippen MR) is 94.6 cm³/mol. The topological polar surface area (TPSA) is 69.5 Å². The fourth-order valence-electron chi connectivity index (χ4n) is 2.43. The van der Waals surface area contributed by atoms with E-state index in [9.17, 15) is 10.0 Å². The molecule has 1 heterocycles. The molecule has 0 amide bonds. The summed E-state index contributed by atoms with van der Waals surface area (Å²) in [6.45, 7) is 1.33. The Labute approximate surface area is 141 Å². The first-order valence-electron chi connectivity index (χ1n) is 7.73. The third-order valence-electron chi connectivity index (χ3n) is 3.67. The van der Waals surface area contributed by atoms with Gasteiger partial charge in [-0.25, -0.2) is 9.97 Å². The Kier molecular flexibility index (Phi) is 5.20. The number of hydrogen-bond donors (Lipinski definition) is 2. The highest BCUT2D eigenvalue weighted by Gasteiger charge is 2.15. The van der Waals surface area contributed by atoms with Crippen LogP contribution in [-0.2, 0) is 13.1 Å². The van der Waals surface area contributed by atoms with Crippen LogP contribution in [0.25, 0.3) is 0 Å². The second-order valence-electron chi connectivity index (χ2n) is 5.52. The lowest BCUT2D eigenvalue weighted by Gasteiger charge is -2.23. The minimum atomic E-state index is -1.56. The van der Waals surface area contributed by atoms with Gasteiger partial charge in [0.1, 0.15) is 0 Å². The van der Waals surface area contributed by atoms with Gasteiger partial charge in [-0.3, -0.25) is 0 Å². The molecule has 3 rings (SSSR count). The van der Waals surface area contributed by atoms with Crippen LogP contribution >= 0.6 is 0 Å². The van der Waals surface area contributed by atoms with Crippen LogP contribution in [0, 0.1) is 0 Å². The van der Waals surface area contributed by atoms with Gasteiger partial charge in [0.25, 0.3) is 0 Å². The number of aromatic nitrogens is 2. The van der Waals surface area contributed by atoms with Crippen molar-refractivity contribution in [2.24, 2.45) is 0 Å². The van der Waals surface area contributed by atoms with E-state index in [0.717, 1.165) is 11.1 Å². The van der Waals surface area contributed by atoms with Gasteiger partial charge in [-0.1, -0.05) is 60.7 Å². The zero-order chi connectivity index (χ0) is 16.8. The molecule has 0 saturated heterocycles. The molecule has 0 bridgehead atoms. The van der Waals surface area contributed by atoms with Crippen molar-refractivity contribution in [3.8, 4) is 0 Å². The van der Waals surface area contributed by atoms with Gasteiger partial charge in [0.05, 0.1) is 0 Å². The van der Waals surface area contributed by atoms with Gasteiger partial charge in [-0.15, -0.1) is 0 Å². The van der Waals surface area contributed by atoms with Crippen LogP contribution in [0.5, 0.6) is 0 Å². The Morgan fingerprint density at radius 1 is 0.750 bits per heavy atom. The number of benzene rings is 2. The van der Waals surface area contributed by atoms with Crippen LogP contribution in [0.1, 0.15) is 11.1 Å². The molecule has 0 aliphatic heterocycles. The highest BCUT2D eigenvalue weighted by atomic mass is 16.4. The zero-order valence-electron chi connectivity index (χ0n) is 13.2. The van der Waals surface area contributed by atoms with Crippen molar-refractivity contribution in [1.82, 2.24) is 9.97 Å². The van der Waals surface area contributed by atoms with Crippen molar-refractivity contribution in [3.63, 3.8) is 0 Å². The molecule has 120 valence electrons. The molecule has 1 aromatic heterocycles. The fraction of sp³-hybridized carbons (Fsp3) is 0.111. The largest absolute Gasteiger partial charge is 0.491 e. The molecule has 0 radical (unpaired) electrons. The first-order valence-corrected chi connectivity index (χ1v) is 7.73. The number of rotatable bonds is 6. The van der Waals surface area contributed by atoms with E-state index in [1.165, 1.54) is 12.4 Å². The van der Waals surface area contributed by atoms with E-state index >= 15 is 0 Å². The highest BCUT2D eigenvalue weighted by Crippen LogP contribution is 2.15. The quantitative estimate of drug-likeness (QED) is 0.672. The van der Waals surface area contributed by atoms with Crippen LogP contribution < -0.4 is 10.4 Å². The molecule has 2 N–H and O–H groups in total. The minimum absolute atomic E-state index is 0.276. The molecule has 3 aromatic rings. The van der Waals surface area contributed by atoms with E-state index in [1.807, 2.05) is 36.4 Å². The lowest BCUT2D eigenvalue weighted by Crippen LogP contribution is -2.32. The molecular formula is C18H18BN3O2. The number of nitrogens with zero attached hydrogens (tertiary/aromatic N) is 3. The maximum atomic E-state index is 9.19. The Hall–Kier alpha value is -2.70. The van der Waals surface area contributed by atoms with Gasteiger partial charge in [0.15, 0.2) is 0 Å². The van der Waals surface area contributed by atoms with Gasteiger partial charge in [-0.2, -0.15) is 0 Å². The molecule has 0 saturated carbocycles. The molecule has 5 nitrogen and oxygen atoms in total. The lowest BCUT2D eigenvalue weighted by atomic mass is 9.83. The van der Waals surface area contributed by atoms with Crippen molar-refractivity contribution in [3.05, 3.63) is 84.2 Å². The van der Waals surface area contributed by atoms with Crippen molar-refractivity contribution >= 4 is 18.5 Å². The summed E-state index contributed by atoms with van der Waals surface area (Å²) in [4.78, 5) is 10.6. The molecule has 0 fully saturated rings. The van der Waals surface area contributed by atoms with Crippen molar-refractivity contribution < 1.29 is 10.0 Å². The standard InChI is InChI=1S/C18H18BN3O2/c23-19(24)17-11-20-18(21-12-17)22(13-15-7-3-1-4-8-15)14-16-9-5-2-6-10-16/h1-12,23-24H,13-14H2. The Bertz CT molecular complexity index is 711. The summed E-state index contributed by atoms with van der Waals surface area (Å²) in [7, 11) is -1.56. The summed E-state index contributed by atoms with van der Waals surface area (Å²) in [6.07, 6.45) is 2.88. The van der Waals surface area contributed by atoms with E-state index in [4.69, 9.17) is 0 Å². The summed E-state index contributed by atoms with van der Waals surface area (Å²) in [5.74, 6) is 0.548. The molecule has 0 unspecified atom stereocenters. The van der Waals surface area contributed by atoms with Crippen molar-refractivity contribution in [1.29, 1.82) is 0 Å². The first kappa shape index (κ1) is 16.2. The van der Waals surface area contributed by atoms with Crippen LogP contribution in [0.15, 0.2) is 73.1 Å². The third-order valence-corrected chi connectivity index (χ3v) is 3.67. The van der Waals surface area contributed by atoms with Crippen LogP contribution in [0.4, 0.5) is 5.95 Å². The molecular weight excluding hydrogens is 301 g/mol. The van der Waals surface area contributed by atoms with Gasteiger partial charge in [-0.05, 0) is 11.1 Å². The van der Waals surface area contributed by atoms with E-state index in [1.54, 1.807) is 0 Å². The summed E-state index contributed by atoms with van der Waals surface area (Å²) < 4.78 is 0. The smallest absolute Gasteiger partial charge is 0.423 e. The van der Waals surface area contributed by atoms with Gasteiger partial charge >= 0.3 is 7.12 Å². The highest BCUT2D eigenvalue weighted by molar-refractivity contribution is 6.58. The Morgan fingerprint density at radius 3 is 1.62 bits per heavy atom. The molecule has 0 atom stereocenters. The average molecular weight is 319 g/mol. The van der Waals surface area contributed by atoms with Crippen LogP contribution in [-0.4, -0.2) is 27.1 Å². The van der Waals surface area contributed by atoms with E-state index in [-0.39, 0.29) is 5.46 Å². The minimum Gasteiger partial charge on any atom is -0.423 e. The maximum absolute atomic E-state index is 9.19. The van der Waals surface area contributed by atoms with E-state index in [2.05, 4.69) is 39.1 Å². The second kappa shape index (κ2) is 7.72. The molecule has 6 heteroatoms. The monoisotopic (exact) mass is 319 g/mol. The summed E-state index contributed by atoms with van der Waals surface area (Å²) in [5, 5.41) is 18.4. The third kappa shape index (κ3) is 4.19. The van der Waals surface area contributed by atoms with Gasteiger partial charge in [0, 0.05) is 30.9 Å². The normalized spacial score (nSPS) is 10.4. The van der Waals surface area contributed by atoms with Gasteiger partial charge < -0.3 is 14.9 Å². The lowest BCUT2D eigenvalue weighted by molar-refractivity contribution is 0.425. The number of anilines is 1. The molecule has 0 aliphatic rings. The first-order chi connectivity index (χ1) is 11.7. The van der Waals surface area contributed by atoms with Crippen LogP contribution in [0.2, 0.25) is 0 Å². The zero-order valence-corrected chi connectivity index (χ0v) is 13.2. The summed E-state index contributed by atoms with van der Waals surface area (Å²) in [5.41, 5.74) is 2.59. The van der Waals surface area contributed by atoms with Crippen molar-refractivity contribution in [2.75, 3.05) is 4.90 Å².